The molecule has 1 atom stereocenters. The van der Waals surface area contributed by atoms with E-state index in [1.807, 2.05) is 0 Å². The maximum atomic E-state index is 12.8. The summed E-state index contributed by atoms with van der Waals surface area (Å²) in [4.78, 5) is 0. The Morgan fingerprint density at radius 3 is 1.88 bits per heavy atom. The first-order valence-corrected chi connectivity index (χ1v) is 4.82. The van der Waals surface area contributed by atoms with Crippen molar-refractivity contribution < 1.29 is 13.2 Å². The number of nitrogens with zero attached hydrogens (tertiary/aromatic N) is 2. The molecule has 0 N–H and O–H groups in total. The highest BCUT2D eigenvalue weighted by atomic mass is 19.4. The summed E-state index contributed by atoms with van der Waals surface area (Å²) in [6.07, 6.45) is -4.61. The van der Waals surface area contributed by atoms with Crippen LogP contribution in [0.25, 0.3) is 0 Å². The molecule has 0 bridgehead atoms. The van der Waals surface area contributed by atoms with E-state index in [0.29, 0.717) is 0 Å². The first-order valence-electron chi connectivity index (χ1n) is 4.82. The molecule has 0 aliphatic heterocycles. The van der Waals surface area contributed by atoms with Crippen LogP contribution in [0, 0.1) is 35.5 Å². The zero-order valence-corrected chi connectivity index (χ0v) is 8.99. The molecule has 0 aliphatic rings. The highest BCUT2D eigenvalue weighted by molar-refractivity contribution is 5.29. The summed E-state index contributed by atoms with van der Waals surface area (Å²) in [5.74, 6) is -3.78. The lowest BCUT2D eigenvalue weighted by atomic mass is 9.87. The number of benzene rings is 1. The Kier molecular flexibility index (Phi) is 3.75. The van der Waals surface area contributed by atoms with Crippen LogP contribution in [0.5, 0.6) is 0 Å². The van der Waals surface area contributed by atoms with Crippen molar-refractivity contribution in [3.8, 4) is 12.1 Å². The van der Waals surface area contributed by atoms with E-state index in [2.05, 4.69) is 0 Å². The fraction of sp³-hybridized carbons (Fsp3) is 0.333. The molecule has 2 nitrogen and oxygen atoms in total. The third kappa shape index (κ3) is 2.98. The summed E-state index contributed by atoms with van der Waals surface area (Å²) in [6, 6.07) is 8.44. The smallest absolute Gasteiger partial charge is 0.197 e. The van der Waals surface area contributed by atoms with Gasteiger partial charge in [-0.3, -0.25) is 0 Å². The Morgan fingerprint density at radius 2 is 1.53 bits per heavy atom. The number of hydrogen-bond donors (Lipinski definition) is 0. The van der Waals surface area contributed by atoms with Crippen LogP contribution in [0.15, 0.2) is 24.3 Å². The summed E-state index contributed by atoms with van der Waals surface area (Å²) in [7, 11) is 0. The van der Waals surface area contributed by atoms with E-state index < -0.39 is 18.0 Å². The summed E-state index contributed by atoms with van der Waals surface area (Å²) < 4.78 is 38.5. The molecule has 1 unspecified atom stereocenters. The van der Waals surface area contributed by atoms with Gasteiger partial charge in [0.05, 0.1) is 12.1 Å². The normalized spacial score (nSPS) is 12.9. The van der Waals surface area contributed by atoms with Crippen molar-refractivity contribution >= 4 is 0 Å². The van der Waals surface area contributed by atoms with Gasteiger partial charge in [-0.2, -0.15) is 23.7 Å². The Bertz CT molecular complexity index is 448. The van der Waals surface area contributed by atoms with Crippen LogP contribution in [-0.4, -0.2) is 6.18 Å². The number of aryl methyl sites for hydroxylation is 1. The van der Waals surface area contributed by atoms with Crippen LogP contribution in [0.4, 0.5) is 13.2 Å². The molecule has 1 rings (SSSR count). The molecule has 88 valence electrons. The predicted octanol–water partition coefficient (Wildman–Crippen LogP) is 3.30. The van der Waals surface area contributed by atoms with Crippen LogP contribution in [0.1, 0.15) is 17.0 Å². The largest absolute Gasteiger partial charge is 0.398 e. The van der Waals surface area contributed by atoms with E-state index in [0.717, 1.165) is 5.56 Å². The van der Waals surface area contributed by atoms with E-state index in [1.54, 1.807) is 6.92 Å². The molecular weight excluding hydrogens is 229 g/mol. The summed E-state index contributed by atoms with van der Waals surface area (Å²) in [6.45, 7) is 1.75. The average molecular weight is 238 g/mol. The first kappa shape index (κ1) is 13.1. The third-order valence-electron chi connectivity index (χ3n) is 2.40. The minimum atomic E-state index is -4.61. The van der Waals surface area contributed by atoms with Gasteiger partial charge >= 0.3 is 6.18 Å². The minimum Gasteiger partial charge on any atom is -0.197 e. The van der Waals surface area contributed by atoms with Crippen molar-refractivity contribution in [1.29, 1.82) is 10.5 Å². The van der Waals surface area contributed by atoms with Crippen molar-refractivity contribution in [3.63, 3.8) is 0 Å². The fourth-order valence-electron chi connectivity index (χ4n) is 1.52. The predicted molar refractivity (Wildman–Crippen MR) is 54.7 cm³/mol. The maximum absolute atomic E-state index is 12.8. The quantitative estimate of drug-likeness (QED) is 0.793. The molecule has 0 aromatic heterocycles. The Morgan fingerprint density at radius 1 is 1.06 bits per heavy atom. The fourth-order valence-corrected chi connectivity index (χ4v) is 1.52. The molecule has 5 heteroatoms. The van der Waals surface area contributed by atoms with Crippen molar-refractivity contribution in [1.82, 2.24) is 0 Å². The molecule has 1 aromatic rings. The van der Waals surface area contributed by atoms with E-state index in [4.69, 9.17) is 10.5 Å². The van der Waals surface area contributed by atoms with Crippen LogP contribution >= 0.6 is 0 Å². The average Bonchev–Trinajstić information content (AvgIpc) is 2.26. The first-order chi connectivity index (χ1) is 7.90. The summed E-state index contributed by atoms with van der Waals surface area (Å²) in [5.41, 5.74) is 0.760. The van der Waals surface area contributed by atoms with Crippen molar-refractivity contribution in [2.45, 2.75) is 19.0 Å². The number of hydrogen-bond acceptors (Lipinski definition) is 2. The number of halogens is 3. The van der Waals surface area contributed by atoms with E-state index in [1.165, 1.54) is 36.4 Å². The van der Waals surface area contributed by atoms with Gasteiger partial charge in [0.15, 0.2) is 0 Å². The van der Waals surface area contributed by atoms with Crippen molar-refractivity contribution in [2.24, 2.45) is 5.92 Å². The van der Waals surface area contributed by atoms with Crippen LogP contribution in [0.2, 0.25) is 0 Å². The minimum absolute atomic E-state index is 0.0591. The number of rotatable bonds is 2. The van der Waals surface area contributed by atoms with Gasteiger partial charge < -0.3 is 0 Å². The standard InChI is InChI=1S/C12H9F3N2/c1-8-2-4-9(5-3-8)11(12(13,14)15)10(6-16)7-17/h2-5,10-11H,1H3. The zero-order valence-electron chi connectivity index (χ0n) is 8.99. The van der Waals surface area contributed by atoms with E-state index in [9.17, 15) is 13.2 Å². The Balaban J connectivity index is 3.22. The molecule has 17 heavy (non-hydrogen) atoms. The summed E-state index contributed by atoms with van der Waals surface area (Å²) in [5, 5.41) is 17.2. The van der Waals surface area contributed by atoms with Crippen LogP contribution in [0.3, 0.4) is 0 Å². The molecule has 0 heterocycles. The second-order valence-corrected chi connectivity index (χ2v) is 3.67. The second-order valence-electron chi connectivity index (χ2n) is 3.67. The van der Waals surface area contributed by atoms with Crippen LogP contribution in [-0.2, 0) is 0 Å². The maximum Gasteiger partial charge on any atom is 0.398 e. The molecule has 1 aromatic carbocycles. The highest BCUT2D eigenvalue weighted by Gasteiger charge is 2.46. The topological polar surface area (TPSA) is 47.6 Å². The molecule has 0 fully saturated rings. The Hall–Kier alpha value is -2.01. The molecule has 0 spiro atoms. The van der Waals surface area contributed by atoms with Gasteiger partial charge in [0.25, 0.3) is 0 Å². The Labute approximate surface area is 96.9 Å². The van der Waals surface area contributed by atoms with Gasteiger partial charge in [0, 0.05) is 0 Å². The molecular formula is C12H9F3N2. The van der Waals surface area contributed by atoms with Crippen molar-refractivity contribution in [3.05, 3.63) is 35.4 Å². The van der Waals surface area contributed by atoms with Gasteiger partial charge in [-0.25, -0.2) is 0 Å². The van der Waals surface area contributed by atoms with Gasteiger partial charge in [0.2, 0.25) is 0 Å². The van der Waals surface area contributed by atoms with Gasteiger partial charge in [-0.15, -0.1) is 0 Å². The molecule has 0 aliphatic carbocycles. The van der Waals surface area contributed by atoms with Gasteiger partial charge in [-0.05, 0) is 12.5 Å². The lowest BCUT2D eigenvalue weighted by Crippen LogP contribution is -2.26. The number of nitriles is 2. The lowest BCUT2D eigenvalue weighted by Gasteiger charge is -2.21. The number of alkyl halides is 3. The van der Waals surface area contributed by atoms with Crippen molar-refractivity contribution in [2.75, 3.05) is 0 Å². The zero-order chi connectivity index (χ0) is 13.1. The molecule has 0 saturated carbocycles. The third-order valence-corrected chi connectivity index (χ3v) is 2.40. The molecule has 0 saturated heterocycles. The highest BCUT2D eigenvalue weighted by Crippen LogP contribution is 2.40. The van der Waals surface area contributed by atoms with Gasteiger partial charge in [-0.1, -0.05) is 29.8 Å². The monoisotopic (exact) mass is 238 g/mol. The molecule has 0 radical (unpaired) electrons. The van der Waals surface area contributed by atoms with E-state index in [-0.39, 0.29) is 5.56 Å². The van der Waals surface area contributed by atoms with Gasteiger partial charge in [0.1, 0.15) is 11.8 Å². The SMILES string of the molecule is Cc1ccc(C(C(C#N)C#N)C(F)(F)F)cc1. The lowest BCUT2D eigenvalue weighted by molar-refractivity contribution is -0.154. The molecule has 0 amide bonds. The summed E-state index contributed by atoms with van der Waals surface area (Å²) >= 11 is 0. The van der Waals surface area contributed by atoms with Crippen LogP contribution < -0.4 is 0 Å². The van der Waals surface area contributed by atoms with E-state index >= 15 is 0 Å². The second kappa shape index (κ2) is 4.88.